The average molecular weight is 266 g/mol. The van der Waals surface area contributed by atoms with Crippen LogP contribution in [0.1, 0.15) is 32.0 Å². The molecule has 0 unspecified atom stereocenters. The molecule has 3 nitrogen and oxygen atoms in total. The summed E-state index contributed by atoms with van der Waals surface area (Å²) < 4.78 is 2.31. The summed E-state index contributed by atoms with van der Waals surface area (Å²) in [5.74, 6) is 1.13. The van der Waals surface area contributed by atoms with E-state index in [4.69, 9.17) is 17.3 Å². The van der Waals surface area contributed by atoms with E-state index in [1.807, 2.05) is 12.1 Å². The van der Waals surface area contributed by atoms with Crippen LogP contribution in [0.15, 0.2) is 18.2 Å². The fourth-order valence-electron chi connectivity index (χ4n) is 2.17. The Labute approximate surface area is 113 Å². The summed E-state index contributed by atoms with van der Waals surface area (Å²) in [5.41, 5.74) is 7.76. The molecule has 0 aliphatic rings. The van der Waals surface area contributed by atoms with Gasteiger partial charge in [-0.05, 0) is 37.6 Å². The second kappa shape index (κ2) is 6.21. The number of halogens is 1. The summed E-state index contributed by atoms with van der Waals surface area (Å²) in [5, 5.41) is 0.744. The van der Waals surface area contributed by atoms with Gasteiger partial charge in [0, 0.05) is 18.0 Å². The van der Waals surface area contributed by atoms with Crippen LogP contribution in [-0.4, -0.2) is 16.1 Å². The first kappa shape index (κ1) is 13.4. The second-order valence-corrected chi connectivity index (χ2v) is 4.99. The van der Waals surface area contributed by atoms with Crippen molar-refractivity contribution in [2.24, 2.45) is 5.73 Å². The first-order valence-electron chi connectivity index (χ1n) is 6.61. The standard InChI is InChI=1S/C14H20ClN3/c1-2-3-9-18-13-7-6-11(15)10-12(13)17-14(18)5-4-8-16/h6-7,10H,2-5,8-9,16H2,1H3. The Bertz CT molecular complexity index is 519. The fourth-order valence-corrected chi connectivity index (χ4v) is 2.34. The summed E-state index contributed by atoms with van der Waals surface area (Å²) >= 11 is 6.02. The van der Waals surface area contributed by atoms with Gasteiger partial charge in [-0.25, -0.2) is 4.98 Å². The highest BCUT2D eigenvalue weighted by molar-refractivity contribution is 6.31. The molecule has 0 saturated carbocycles. The number of nitrogens with zero attached hydrogens (tertiary/aromatic N) is 2. The Hall–Kier alpha value is -1.06. The number of fused-ring (bicyclic) bond motifs is 1. The zero-order chi connectivity index (χ0) is 13.0. The van der Waals surface area contributed by atoms with Gasteiger partial charge in [0.1, 0.15) is 5.82 Å². The molecule has 0 spiro atoms. The number of benzene rings is 1. The van der Waals surface area contributed by atoms with Gasteiger partial charge in [-0.15, -0.1) is 0 Å². The number of hydrogen-bond acceptors (Lipinski definition) is 2. The summed E-state index contributed by atoms with van der Waals surface area (Å²) in [7, 11) is 0. The molecule has 0 radical (unpaired) electrons. The van der Waals surface area contributed by atoms with Gasteiger partial charge in [0.15, 0.2) is 0 Å². The molecule has 0 aliphatic heterocycles. The lowest BCUT2D eigenvalue weighted by Gasteiger charge is -2.08. The molecule has 0 fully saturated rings. The highest BCUT2D eigenvalue weighted by atomic mass is 35.5. The summed E-state index contributed by atoms with van der Waals surface area (Å²) in [6, 6.07) is 5.93. The van der Waals surface area contributed by atoms with Gasteiger partial charge >= 0.3 is 0 Å². The lowest BCUT2D eigenvalue weighted by molar-refractivity contribution is 0.607. The molecule has 1 heterocycles. The van der Waals surface area contributed by atoms with Crippen LogP contribution in [0.4, 0.5) is 0 Å². The van der Waals surface area contributed by atoms with Gasteiger partial charge in [0.2, 0.25) is 0 Å². The first-order valence-corrected chi connectivity index (χ1v) is 6.98. The number of aryl methyl sites for hydroxylation is 2. The van der Waals surface area contributed by atoms with E-state index in [2.05, 4.69) is 22.5 Å². The monoisotopic (exact) mass is 265 g/mol. The molecule has 4 heteroatoms. The van der Waals surface area contributed by atoms with Crippen molar-refractivity contribution in [3.05, 3.63) is 29.0 Å². The van der Waals surface area contributed by atoms with E-state index >= 15 is 0 Å². The lowest BCUT2D eigenvalue weighted by atomic mass is 10.2. The van der Waals surface area contributed by atoms with Gasteiger partial charge in [0.25, 0.3) is 0 Å². The maximum absolute atomic E-state index is 6.02. The van der Waals surface area contributed by atoms with Crippen molar-refractivity contribution in [2.45, 2.75) is 39.2 Å². The predicted molar refractivity (Wildman–Crippen MR) is 77.0 cm³/mol. The summed E-state index contributed by atoms with van der Waals surface area (Å²) in [6.45, 7) is 3.93. The van der Waals surface area contributed by atoms with Crippen LogP contribution in [0, 0.1) is 0 Å². The van der Waals surface area contributed by atoms with E-state index in [1.165, 1.54) is 18.4 Å². The minimum atomic E-state index is 0.706. The van der Waals surface area contributed by atoms with Crippen molar-refractivity contribution in [1.29, 1.82) is 0 Å². The van der Waals surface area contributed by atoms with Crippen LogP contribution in [-0.2, 0) is 13.0 Å². The van der Waals surface area contributed by atoms with Crippen molar-refractivity contribution in [1.82, 2.24) is 9.55 Å². The molecule has 98 valence electrons. The number of hydrogen-bond donors (Lipinski definition) is 1. The third-order valence-electron chi connectivity index (χ3n) is 3.13. The van der Waals surface area contributed by atoms with Crippen LogP contribution in [0.3, 0.4) is 0 Å². The fraction of sp³-hybridized carbons (Fsp3) is 0.500. The molecule has 2 aromatic rings. The van der Waals surface area contributed by atoms with E-state index < -0.39 is 0 Å². The smallest absolute Gasteiger partial charge is 0.109 e. The Morgan fingerprint density at radius 1 is 1.33 bits per heavy atom. The number of rotatable bonds is 6. The summed E-state index contributed by atoms with van der Waals surface area (Å²) in [6.07, 6.45) is 4.27. The first-order chi connectivity index (χ1) is 8.76. The Kier molecular flexibility index (Phi) is 4.61. The zero-order valence-corrected chi connectivity index (χ0v) is 11.6. The maximum atomic E-state index is 6.02. The number of nitrogens with two attached hydrogens (primary N) is 1. The molecule has 0 aliphatic carbocycles. The van der Waals surface area contributed by atoms with Crippen LogP contribution < -0.4 is 5.73 Å². The Morgan fingerprint density at radius 2 is 2.17 bits per heavy atom. The van der Waals surface area contributed by atoms with Gasteiger partial charge in [-0.1, -0.05) is 24.9 Å². The molecule has 2 rings (SSSR count). The quantitative estimate of drug-likeness (QED) is 0.870. The number of unbranched alkanes of at least 4 members (excludes halogenated alkanes) is 1. The van der Waals surface area contributed by atoms with Crippen LogP contribution in [0.5, 0.6) is 0 Å². The molecule has 0 atom stereocenters. The topological polar surface area (TPSA) is 43.8 Å². The van der Waals surface area contributed by atoms with Gasteiger partial charge in [0.05, 0.1) is 11.0 Å². The van der Waals surface area contributed by atoms with Crippen molar-refractivity contribution < 1.29 is 0 Å². The van der Waals surface area contributed by atoms with Crippen LogP contribution in [0.2, 0.25) is 5.02 Å². The van der Waals surface area contributed by atoms with E-state index in [-0.39, 0.29) is 0 Å². The molecule has 0 amide bonds. The molecule has 18 heavy (non-hydrogen) atoms. The Morgan fingerprint density at radius 3 is 2.89 bits per heavy atom. The molecule has 1 aromatic carbocycles. The molecule has 2 N–H and O–H groups in total. The SMILES string of the molecule is CCCCn1c(CCCN)nc2cc(Cl)ccc21. The van der Waals surface area contributed by atoms with Crippen molar-refractivity contribution in [3.63, 3.8) is 0 Å². The number of imidazole rings is 1. The Balaban J connectivity index is 2.39. The van der Waals surface area contributed by atoms with Crippen LogP contribution in [0.25, 0.3) is 11.0 Å². The third kappa shape index (κ3) is 2.85. The molecule has 0 saturated heterocycles. The lowest BCUT2D eigenvalue weighted by Crippen LogP contribution is -2.07. The molecule has 0 bridgehead atoms. The number of aromatic nitrogens is 2. The average Bonchev–Trinajstić information content (AvgIpc) is 2.70. The summed E-state index contributed by atoms with van der Waals surface area (Å²) in [4.78, 5) is 4.69. The van der Waals surface area contributed by atoms with Crippen LogP contribution >= 0.6 is 11.6 Å². The van der Waals surface area contributed by atoms with Gasteiger partial charge < -0.3 is 10.3 Å². The predicted octanol–water partition coefficient (Wildman–Crippen LogP) is 3.38. The molecular formula is C14H20ClN3. The van der Waals surface area contributed by atoms with E-state index in [9.17, 15) is 0 Å². The van der Waals surface area contributed by atoms with Crippen molar-refractivity contribution in [2.75, 3.05) is 6.54 Å². The van der Waals surface area contributed by atoms with Crippen molar-refractivity contribution in [3.8, 4) is 0 Å². The zero-order valence-electron chi connectivity index (χ0n) is 10.8. The van der Waals surface area contributed by atoms with Gasteiger partial charge in [-0.2, -0.15) is 0 Å². The molecule has 1 aromatic heterocycles. The minimum absolute atomic E-state index is 0.706. The van der Waals surface area contributed by atoms with Crippen molar-refractivity contribution >= 4 is 22.6 Å². The highest BCUT2D eigenvalue weighted by Crippen LogP contribution is 2.21. The minimum Gasteiger partial charge on any atom is -0.330 e. The van der Waals surface area contributed by atoms with E-state index in [0.29, 0.717) is 6.54 Å². The molecular weight excluding hydrogens is 246 g/mol. The highest BCUT2D eigenvalue weighted by Gasteiger charge is 2.10. The largest absolute Gasteiger partial charge is 0.330 e. The van der Waals surface area contributed by atoms with E-state index in [0.717, 1.165) is 35.8 Å². The normalized spacial score (nSPS) is 11.3. The van der Waals surface area contributed by atoms with E-state index in [1.54, 1.807) is 0 Å². The maximum Gasteiger partial charge on any atom is 0.109 e. The third-order valence-corrected chi connectivity index (χ3v) is 3.36. The second-order valence-electron chi connectivity index (χ2n) is 4.56. The van der Waals surface area contributed by atoms with Gasteiger partial charge in [-0.3, -0.25) is 0 Å².